The molecule has 0 aromatic heterocycles. The van der Waals surface area contributed by atoms with Gasteiger partial charge in [0, 0.05) is 29.9 Å². The number of benzene rings is 2. The van der Waals surface area contributed by atoms with Crippen LogP contribution in [0, 0.1) is 23.4 Å². The predicted molar refractivity (Wildman–Crippen MR) is 104 cm³/mol. The van der Waals surface area contributed by atoms with E-state index in [9.17, 15) is 13.2 Å². The number of rotatable bonds is 7. The third-order valence-electron chi connectivity index (χ3n) is 5.23. The Morgan fingerprint density at radius 2 is 1.89 bits per heavy atom. The maximum atomic E-state index is 14.7. The summed E-state index contributed by atoms with van der Waals surface area (Å²) in [5, 5.41) is 0. The molecule has 2 aromatic rings. The third-order valence-corrected chi connectivity index (χ3v) is 5.23. The first-order valence-corrected chi connectivity index (χ1v) is 9.64. The summed E-state index contributed by atoms with van der Waals surface area (Å²) in [5.41, 5.74) is 0.690. The van der Waals surface area contributed by atoms with E-state index in [0.29, 0.717) is 24.7 Å². The molecule has 150 valence electrons. The van der Waals surface area contributed by atoms with Crippen molar-refractivity contribution < 1.29 is 22.6 Å². The van der Waals surface area contributed by atoms with Gasteiger partial charge in [-0.05, 0) is 43.7 Å². The van der Waals surface area contributed by atoms with Crippen molar-refractivity contribution in [2.45, 2.75) is 32.3 Å². The molecular weight excluding hydrogens is 365 g/mol. The first-order valence-electron chi connectivity index (χ1n) is 9.64. The smallest absolute Gasteiger partial charge is 0.167 e. The normalized spacial score (nSPS) is 19.6. The minimum atomic E-state index is -1.07. The second kappa shape index (κ2) is 9.39. The quantitative estimate of drug-likeness (QED) is 0.516. The Bertz CT molecular complexity index is 827. The van der Waals surface area contributed by atoms with Crippen molar-refractivity contribution in [3.05, 3.63) is 65.5 Å². The Kier molecular flexibility index (Phi) is 6.92. The van der Waals surface area contributed by atoms with Crippen LogP contribution in [0.5, 0.6) is 0 Å². The molecule has 0 spiro atoms. The second-order valence-electron chi connectivity index (χ2n) is 7.02. The highest BCUT2D eigenvalue weighted by molar-refractivity contribution is 5.67. The number of ether oxygens (including phenoxy) is 2. The highest BCUT2D eigenvalue weighted by Crippen LogP contribution is 2.35. The lowest BCUT2D eigenvalue weighted by molar-refractivity contribution is -0.0261. The first-order chi connectivity index (χ1) is 13.5. The van der Waals surface area contributed by atoms with Gasteiger partial charge in [0.25, 0.3) is 0 Å². The molecule has 0 bridgehead atoms. The van der Waals surface area contributed by atoms with E-state index in [0.717, 1.165) is 25.9 Å². The lowest BCUT2D eigenvalue weighted by Gasteiger charge is -2.29. The molecule has 2 nitrogen and oxygen atoms in total. The Hall–Kier alpha value is -2.11. The van der Waals surface area contributed by atoms with Crippen LogP contribution in [0.15, 0.2) is 36.9 Å². The molecule has 1 saturated heterocycles. The summed E-state index contributed by atoms with van der Waals surface area (Å²) in [6.07, 6.45) is 3.79. The van der Waals surface area contributed by atoms with E-state index in [1.807, 2.05) is 6.92 Å². The highest BCUT2D eigenvalue weighted by atomic mass is 19.2. The van der Waals surface area contributed by atoms with Gasteiger partial charge in [0.1, 0.15) is 5.82 Å². The minimum absolute atomic E-state index is 0.0289. The van der Waals surface area contributed by atoms with Crippen LogP contribution < -0.4 is 0 Å². The van der Waals surface area contributed by atoms with E-state index in [2.05, 4.69) is 6.58 Å². The number of hydrogen-bond donors (Lipinski definition) is 0. The van der Waals surface area contributed by atoms with Gasteiger partial charge in [0.15, 0.2) is 11.6 Å². The van der Waals surface area contributed by atoms with E-state index >= 15 is 0 Å². The molecule has 1 heterocycles. The Morgan fingerprint density at radius 1 is 1.11 bits per heavy atom. The molecule has 2 unspecified atom stereocenters. The van der Waals surface area contributed by atoms with Crippen LogP contribution in [-0.4, -0.2) is 19.8 Å². The van der Waals surface area contributed by atoms with Crippen LogP contribution in [0.3, 0.4) is 0 Å². The molecule has 28 heavy (non-hydrogen) atoms. The number of hydrogen-bond acceptors (Lipinski definition) is 2. The summed E-state index contributed by atoms with van der Waals surface area (Å²) < 4.78 is 54.3. The van der Waals surface area contributed by atoms with Gasteiger partial charge >= 0.3 is 0 Å². The minimum Gasteiger partial charge on any atom is -0.382 e. The standard InChI is InChI=1S/C23H25F3O2/c1-3-16-6-9-19(23(26)22(16)25)18-8-7-17(13-20(18)24)21-10-5-15(14-28-21)11-12-27-4-2/h3,6-9,13,15,21H,1,4-5,10-12,14H2,2H3. The highest BCUT2D eigenvalue weighted by Gasteiger charge is 2.24. The maximum Gasteiger partial charge on any atom is 0.167 e. The monoisotopic (exact) mass is 390 g/mol. The Labute approximate surface area is 164 Å². The van der Waals surface area contributed by atoms with Gasteiger partial charge in [0.2, 0.25) is 0 Å². The summed E-state index contributed by atoms with van der Waals surface area (Å²) in [7, 11) is 0. The predicted octanol–water partition coefficient (Wildman–Crippen LogP) is 6.31. The van der Waals surface area contributed by atoms with Gasteiger partial charge < -0.3 is 9.47 Å². The van der Waals surface area contributed by atoms with Crippen LogP contribution in [0.25, 0.3) is 17.2 Å². The first kappa shape index (κ1) is 20.6. The summed E-state index contributed by atoms with van der Waals surface area (Å²) in [6.45, 7) is 7.47. The van der Waals surface area contributed by atoms with Crippen molar-refractivity contribution in [3.8, 4) is 11.1 Å². The molecule has 1 aliphatic rings. The molecule has 5 heteroatoms. The van der Waals surface area contributed by atoms with E-state index in [-0.39, 0.29) is 22.8 Å². The fourth-order valence-corrected chi connectivity index (χ4v) is 3.57. The zero-order valence-electron chi connectivity index (χ0n) is 16.0. The molecule has 2 aromatic carbocycles. The molecule has 0 radical (unpaired) electrons. The largest absolute Gasteiger partial charge is 0.382 e. The van der Waals surface area contributed by atoms with E-state index in [1.54, 1.807) is 6.07 Å². The Balaban J connectivity index is 1.72. The van der Waals surface area contributed by atoms with Gasteiger partial charge in [0.05, 0.1) is 12.7 Å². The lowest BCUT2D eigenvalue weighted by atomic mass is 9.91. The molecule has 1 aliphatic heterocycles. The van der Waals surface area contributed by atoms with Crippen LogP contribution in [0.1, 0.15) is 43.4 Å². The van der Waals surface area contributed by atoms with Gasteiger partial charge in [-0.2, -0.15) is 0 Å². The fourth-order valence-electron chi connectivity index (χ4n) is 3.57. The van der Waals surface area contributed by atoms with Crippen molar-refractivity contribution in [1.29, 1.82) is 0 Å². The third kappa shape index (κ3) is 4.47. The average Bonchev–Trinajstić information content (AvgIpc) is 2.71. The fraction of sp³-hybridized carbons (Fsp3) is 0.391. The molecule has 1 fully saturated rings. The molecule has 0 amide bonds. The molecular formula is C23H25F3O2. The van der Waals surface area contributed by atoms with Crippen LogP contribution in [-0.2, 0) is 9.47 Å². The van der Waals surface area contributed by atoms with Gasteiger partial charge in [-0.1, -0.05) is 36.9 Å². The van der Waals surface area contributed by atoms with Crippen LogP contribution in [0.2, 0.25) is 0 Å². The molecule has 0 N–H and O–H groups in total. The van der Waals surface area contributed by atoms with Crippen LogP contribution in [0.4, 0.5) is 13.2 Å². The van der Waals surface area contributed by atoms with Gasteiger partial charge in [-0.3, -0.25) is 0 Å². The van der Waals surface area contributed by atoms with E-state index in [1.165, 1.54) is 30.3 Å². The van der Waals surface area contributed by atoms with Crippen molar-refractivity contribution in [2.24, 2.45) is 5.92 Å². The van der Waals surface area contributed by atoms with Crippen LogP contribution >= 0.6 is 0 Å². The van der Waals surface area contributed by atoms with E-state index < -0.39 is 17.5 Å². The van der Waals surface area contributed by atoms with E-state index in [4.69, 9.17) is 9.47 Å². The summed E-state index contributed by atoms with van der Waals surface area (Å²) in [4.78, 5) is 0. The summed E-state index contributed by atoms with van der Waals surface area (Å²) in [5.74, 6) is -2.24. The van der Waals surface area contributed by atoms with Crippen molar-refractivity contribution in [3.63, 3.8) is 0 Å². The lowest BCUT2D eigenvalue weighted by Crippen LogP contribution is -2.22. The Morgan fingerprint density at radius 3 is 2.54 bits per heavy atom. The summed E-state index contributed by atoms with van der Waals surface area (Å²) in [6, 6.07) is 7.33. The molecule has 0 aliphatic carbocycles. The average molecular weight is 390 g/mol. The zero-order valence-corrected chi connectivity index (χ0v) is 16.0. The zero-order chi connectivity index (χ0) is 20.1. The summed E-state index contributed by atoms with van der Waals surface area (Å²) >= 11 is 0. The second-order valence-corrected chi connectivity index (χ2v) is 7.02. The molecule has 3 rings (SSSR count). The van der Waals surface area contributed by atoms with Gasteiger partial charge in [-0.25, -0.2) is 13.2 Å². The van der Waals surface area contributed by atoms with Crippen molar-refractivity contribution in [2.75, 3.05) is 19.8 Å². The number of halogens is 3. The SMILES string of the molecule is C=Cc1ccc(-c2ccc(C3CCC(CCOCC)CO3)cc2F)c(F)c1F. The molecule has 2 atom stereocenters. The topological polar surface area (TPSA) is 18.5 Å². The van der Waals surface area contributed by atoms with Crippen molar-refractivity contribution in [1.82, 2.24) is 0 Å². The van der Waals surface area contributed by atoms with Crippen molar-refractivity contribution >= 4 is 6.08 Å². The van der Waals surface area contributed by atoms with Gasteiger partial charge in [-0.15, -0.1) is 0 Å². The maximum absolute atomic E-state index is 14.7. The molecule has 0 saturated carbocycles.